The highest BCUT2D eigenvalue weighted by atomic mass is 16.5. The maximum atomic E-state index is 12.8. The van der Waals surface area contributed by atoms with E-state index in [2.05, 4.69) is 17.2 Å². The van der Waals surface area contributed by atoms with E-state index in [1.165, 1.54) is 0 Å². The Morgan fingerprint density at radius 2 is 1.62 bits per heavy atom. The molecule has 0 heterocycles. The summed E-state index contributed by atoms with van der Waals surface area (Å²) in [4.78, 5) is 24.9. The van der Waals surface area contributed by atoms with Crippen LogP contribution in [0.5, 0.6) is 0 Å². The number of rotatable bonds is 8. The monoisotopic (exact) mass is 350 g/mol. The summed E-state index contributed by atoms with van der Waals surface area (Å²) in [7, 11) is 0. The number of amides is 1. The Hall–Kier alpha value is -3.10. The maximum Gasteiger partial charge on any atom is 0.337 e. The highest BCUT2D eigenvalue weighted by molar-refractivity contribution is 6.07. The number of primary amides is 1. The number of nitrogens with two attached hydrogens (primary N) is 1. The molecule has 0 aromatic heterocycles. The Morgan fingerprint density at radius 1 is 1.04 bits per heavy atom. The molecule has 0 aliphatic heterocycles. The van der Waals surface area contributed by atoms with Gasteiger partial charge < -0.3 is 10.5 Å². The predicted molar refractivity (Wildman–Crippen MR) is 99.5 cm³/mol. The minimum Gasteiger partial charge on any atom is -0.459 e. The van der Waals surface area contributed by atoms with E-state index >= 15 is 0 Å². The van der Waals surface area contributed by atoms with Crippen molar-refractivity contribution in [1.29, 1.82) is 0 Å². The van der Waals surface area contributed by atoms with Crippen molar-refractivity contribution >= 4 is 11.9 Å². The van der Waals surface area contributed by atoms with Gasteiger partial charge in [0.25, 0.3) is 0 Å². The van der Waals surface area contributed by atoms with E-state index in [4.69, 9.17) is 10.5 Å². The molecule has 0 spiro atoms. The molecule has 3 N–H and O–H groups in total. The van der Waals surface area contributed by atoms with Crippen molar-refractivity contribution in [3.63, 3.8) is 0 Å². The molecule has 0 aliphatic carbocycles. The van der Waals surface area contributed by atoms with Gasteiger partial charge in [-0.1, -0.05) is 60.7 Å². The second-order valence-corrected chi connectivity index (χ2v) is 5.77. The fraction of sp³-hybridized carbons (Fsp3) is 0.238. The lowest BCUT2D eigenvalue weighted by atomic mass is 9.93. The maximum absolute atomic E-state index is 12.8. The van der Waals surface area contributed by atoms with Crippen molar-refractivity contribution < 1.29 is 14.3 Å². The van der Waals surface area contributed by atoms with Gasteiger partial charge >= 0.3 is 5.97 Å². The molecule has 0 fully saturated rings. The Morgan fingerprint density at radius 3 is 2.15 bits per heavy atom. The third-order valence-corrected chi connectivity index (χ3v) is 3.95. The first kappa shape index (κ1) is 19.2. The summed E-state index contributed by atoms with van der Waals surface area (Å²) in [5, 5.41) is 2.97. The SMILES string of the molecule is CC#CC[C@@](NCc1ccccc1)(C(N)=O)C(=O)OCc1ccccc1. The van der Waals surface area contributed by atoms with E-state index in [-0.39, 0.29) is 19.6 Å². The number of benzene rings is 2. The molecule has 1 atom stereocenters. The Balaban J connectivity index is 2.18. The summed E-state index contributed by atoms with van der Waals surface area (Å²) in [5.41, 5.74) is 5.61. The van der Waals surface area contributed by atoms with Crippen LogP contribution in [0.15, 0.2) is 60.7 Å². The number of nitrogens with one attached hydrogen (secondary N) is 1. The van der Waals surface area contributed by atoms with Crippen LogP contribution in [0.2, 0.25) is 0 Å². The lowest BCUT2D eigenvalue weighted by Crippen LogP contribution is -2.61. The Labute approximate surface area is 153 Å². The summed E-state index contributed by atoms with van der Waals surface area (Å²) in [6.45, 7) is 1.98. The van der Waals surface area contributed by atoms with Gasteiger partial charge in [-0.2, -0.15) is 0 Å². The van der Waals surface area contributed by atoms with Crippen LogP contribution in [-0.4, -0.2) is 17.4 Å². The number of carbonyl (C=O) groups is 2. The first-order valence-electron chi connectivity index (χ1n) is 8.28. The quantitative estimate of drug-likeness (QED) is 0.434. The van der Waals surface area contributed by atoms with Crippen molar-refractivity contribution in [2.24, 2.45) is 5.73 Å². The van der Waals surface area contributed by atoms with E-state index in [0.717, 1.165) is 11.1 Å². The molecule has 134 valence electrons. The van der Waals surface area contributed by atoms with Crippen LogP contribution in [0.4, 0.5) is 0 Å². The minimum atomic E-state index is -1.70. The van der Waals surface area contributed by atoms with Crippen molar-refractivity contribution in [3.8, 4) is 11.8 Å². The molecule has 0 unspecified atom stereocenters. The molecule has 0 radical (unpaired) electrons. The van der Waals surface area contributed by atoms with Crippen LogP contribution < -0.4 is 11.1 Å². The fourth-order valence-corrected chi connectivity index (χ4v) is 2.40. The highest BCUT2D eigenvalue weighted by Crippen LogP contribution is 2.16. The molecule has 5 heteroatoms. The van der Waals surface area contributed by atoms with Gasteiger partial charge in [0, 0.05) is 13.0 Å². The van der Waals surface area contributed by atoms with Gasteiger partial charge in [-0.05, 0) is 18.1 Å². The molecule has 0 bridgehead atoms. The van der Waals surface area contributed by atoms with Crippen molar-refractivity contribution in [2.75, 3.05) is 0 Å². The lowest BCUT2D eigenvalue weighted by Gasteiger charge is -2.28. The molecular formula is C21H22N2O3. The first-order valence-corrected chi connectivity index (χ1v) is 8.28. The molecule has 5 nitrogen and oxygen atoms in total. The smallest absolute Gasteiger partial charge is 0.337 e. The van der Waals surface area contributed by atoms with Crippen LogP contribution in [0.25, 0.3) is 0 Å². The van der Waals surface area contributed by atoms with Crippen molar-refractivity contribution in [3.05, 3.63) is 71.8 Å². The Bertz CT molecular complexity index is 794. The molecule has 1 amide bonds. The molecule has 2 aromatic carbocycles. The standard InChI is InChI=1S/C21H22N2O3/c1-2-3-14-21(19(22)24,23-15-17-10-6-4-7-11-17)20(25)26-16-18-12-8-5-9-13-18/h4-13,23H,14-16H2,1H3,(H2,22,24)/t21-/m1/s1. The number of hydrogen-bond acceptors (Lipinski definition) is 4. The van der Waals surface area contributed by atoms with Crippen LogP contribution >= 0.6 is 0 Å². The van der Waals surface area contributed by atoms with Crippen LogP contribution in [-0.2, 0) is 27.5 Å². The molecule has 26 heavy (non-hydrogen) atoms. The fourth-order valence-electron chi connectivity index (χ4n) is 2.40. The van der Waals surface area contributed by atoms with Gasteiger partial charge in [0.05, 0.1) is 0 Å². The van der Waals surface area contributed by atoms with Gasteiger partial charge in [0.1, 0.15) is 6.61 Å². The third kappa shape index (κ3) is 4.95. The van der Waals surface area contributed by atoms with Gasteiger partial charge in [-0.15, -0.1) is 11.8 Å². The van der Waals surface area contributed by atoms with Gasteiger partial charge in [-0.3, -0.25) is 10.1 Å². The van der Waals surface area contributed by atoms with Crippen molar-refractivity contribution in [2.45, 2.75) is 32.0 Å². The molecule has 0 saturated heterocycles. The summed E-state index contributed by atoms with van der Waals surface area (Å²) in [6.07, 6.45) is -0.0563. The summed E-state index contributed by atoms with van der Waals surface area (Å²) >= 11 is 0. The predicted octanol–water partition coefficient (Wildman–Crippen LogP) is 2.16. The van der Waals surface area contributed by atoms with E-state index in [9.17, 15) is 9.59 Å². The highest BCUT2D eigenvalue weighted by Gasteiger charge is 2.45. The molecule has 2 aromatic rings. The van der Waals surface area contributed by atoms with Crippen molar-refractivity contribution in [1.82, 2.24) is 5.32 Å². The molecule has 0 saturated carbocycles. The third-order valence-electron chi connectivity index (χ3n) is 3.95. The average Bonchev–Trinajstić information content (AvgIpc) is 2.68. The van der Waals surface area contributed by atoms with Crippen LogP contribution in [0, 0.1) is 11.8 Å². The average molecular weight is 350 g/mol. The first-order chi connectivity index (χ1) is 12.6. The zero-order valence-electron chi connectivity index (χ0n) is 14.7. The second-order valence-electron chi connectivity index (χ2n) is 5.77. The molecule has 2 rings (SSSR count). The van der Waals surface area contributed by atoms with Gasteiger partial charge in [0.2, 0.25) is 11.4 Å². The molecule has 0 aliphatic rings. The van der Waals surface area contributed by atoms with Crippen LogP contribution in [0.1, 0.15) is 24.5 Å². The molecular weight excluding hydrogens is 328 g/mol. The zero-order chi connectivity index (χ0) is 18.8. The number of ether oxygens (including phenoxy) is 1. The number of esters is 1. The number of carbonyl (C=O) groups excluding carboxylic acids is 2. The number of hydrogen-bond donors (Lipinski definition) is 2. The van der Waals surface area contributed by atoms with Gasteiger partial charge in [-0.25, -0.2) is 4.79 Å². The summed E-state index contributed by atoms with van der Waals surface area (Å²) < 4.78 is 5.37. The zero-order valence-corrected chi connectivity index (χ0v) is 14.7. The van der Waals surface area contributed by atoms with E-state index in [1.54, 1.807) is 6.92 Å². The second kappa shape index (κ2) is 9.40. The topological polar surface area (TPSA) is 81.4 Å². The lowest BCUT2D eigenvalue weighted by molar-refractivity contribution is -0.156. The van der Waals surface area contributed by atoms with E-state index < -0.39 is 17.4 Å². The van der Waals surface area contributed by atoms with Crippen LogP contribution in [0.3, 0.4) is 0 Å². The van der Waals surface area contributed by atoms with E-state index in [0.29, 0.717) is 0 Å². The Kier molecular flexibility index (Phi) is 6.95. The largest absolute Gasteiger partial charge is 0.459 e. The van der Waals surface area contributed by atoms with Gasteiger partial charge in [0.15, 0.2) is 0 Å². The summed E-state index contributed by atoms with van der Waals surface area (Å²) in [5.74, 6) is 3.93. The minimum absolute atomic E-state index is 0.0563. The summed E-state index contributed by atoms with van der Waals surface area (Å²) in [6, 6.07) is 18.7. The van der Waals surface area contributed by atoms with E-state index in [1.807, 2.05) is 60.7 Å². The normalized spacial score (nSPS) is 12.3.